The predicted molar refractivity (Wildman–Crippen MR) is 71.4 cm³/mol. The molecule has 1 heterocycles. The van der Waals surface area contributed by atoms with E-state index in [4.69, 9.17) is 0 Å². The number of halogens is 2. The number of ether oxygens (including phenoxy) is 1. The smallest absolute Gasteiger partial charge is 0.310 e. The Balaban J connectivity index is 2.01. The van der Waals surface area contributed by atoms with E-state index in [9.17, 15) is 18.4 Å². The zero-order chi connectivity index (χ0) is 15.4. The Labute approximate surface area is 121 Å². The maximum atomic E-state index is 13.6. The van der Waals surface area contributed by atoms with Gasteiger partial charge in [0.1, 0.15) is 11.6 Å². The van der Waals surface area contributed by atoms with Gasteiger partial charge in [-0.2, -0.15) is 0 Å². The number of hydrogen-bond donors (Lipinski definition) is 0. The SMILES string of the molecule is COC(=O)C1CCCN(C(=O)Cc2ccc(F)cc2F)C1. The summed E-state index contributed by atoms with van der Waals surface area (Å²) in [5.41, 5.74) is 0.154. The second-order valence-electron chi connectivity index (χ2n) is 5.11. The summed E-state index contributed by atoms with van der Waals surface area (Å²) in [5, 5.41) is 0. The highest BCUT2D eigenvalue weighted by atomic mass is 19.1. The highest BCUT2D eigenvalue weighted by molar-refractivity contribution is 5.80. The van der Waals surface area contributed by atoms with E-state index in [0.29, 0.717) is 19.4 Å². The van der Waals surface area contributed by atoms with Crippen molar-refractivity contribution in [3.8, 4) is 0 Å². The Kier molecular flexibility index (Phi) is 4.88. The minimum absolute atomic E-state index is 0.139. The van der Waals surface area contributed by atoms with Crippen molar-refractivity contribution in [3.63, 3.8) is 0 Å². The fraction of sp³-hybridized carbons (Fsp3) is 0.467. The highest BCUT2D eigenvalue weighted by Crippen LogP contribution is 2.19. The molecule has 1 saturated heterocycles. The van der Waals surface area contributed by atoms with Gasteiger partial charge in [-0.05, 0) is 24.5 Å². The summed E-state index contributed by atoms with van der Waals surface area (Å²) in [4.78, 5) is 25.2. The van der Waals surface area contributed by atoms with Crippen LogP contribution in [0.3, 0.4) is 0 Å². The first-order chi connectivity index (χ1) is 10.0. The number of piperidine rings is 1. The van der Waals surface area contributed by atoms with Crippen molar-refractivity contribution in [2.24, 2.45) is 5.92 Å². The molecule has 1 amide bonds. The molecular formula is C15H17F2NO3. The van der Waals surface area contributed by atoms with Gasteiger partial charge < -0.3 is 9.64 Å². The molecule has 0 aliphatic carbocycles. The van der Waals surface area contributed by atoms with E-state index in [1.54, 1.807) is 0 Å². The lowest BCUT2D eigenvalue weighted by atomic mass is 9.97. The van der Waals surface area contributed by atoms with Crippen molar-refractivity contribution in [3.05, 3.63) is 35.4 Å². The normalized spacial score (nSPS) is 18.4. The number of carbonyl (C=O) groups is 2. The largest absolute Gasteiger partial charge is 0.469 e. The molecule has 0 radical (unpaired) electrons. The highest BCUT2D eigenvalue weighted by Gasteiger charge is 2.29. The Morgan fingerprint density at radius 3 is 2.81 bits per heavy atom. The van der Waals surface area contributed by atoms with Crippen LogP contribution >= 0.6 is 0 Å². The molecule has 1 atom stereocenters. The van der Waals surface area contributed by atoms with Crippen LogP contribution in [-0.2, 0) is 20.7 Å². The quantitative estimate of drug-likeness (QED) is 0.801. The summed E-state index contributed by atoms with van der Waals surface area (Å²) in [6, 6.07) is 3.15. The number of hydrogen-bond acceptors (Lipinski definition) is 3. The van der Waals surface area contributed by atoms with Crippen LogP contribution in [0.5, 0.6) is 0 Å². The van der Waals surface area contributed by atoms with Crippen LogP contribution in [0.1, 0.15) is 18.4 Å². The summed E-state index contributed by atoms with van der Waals surface area (Å²) in [6.45, 7) is 0.823. The molecule has 1 fully saturated rings. The Morgan fingerprint density at radius 1 is 1.38 bits per heavy atom. The minimum Gasteiger partial charge on any atom is -0.469 e. The number of methoxy groups -OCH3 is 1. The number of rotatable bonds is 3. The van der Waals surface area contributed by atoms with Crippen molar-refractivity contribution >= 4 is 11.9 Å². The third kappa shape index (κ3) is 3.77. The third-order valence-electron chi connectivity index (χ3n) is 3.67. The van der Waals surface area contributed by atoms with Gasteiger partial charge in [-0.1, -0.05) is 6.07 Å². The molecule has 2 rings (SSSR count). The maximum Gasteiger partial charge on any atom is 0.310 e. The van der Waals surface area contributed by atoms with E-state index < -0.39 is 11.6 Å². The van der Waals surface area contributed by atoms with E-state index in [1.165, 1.54) is 18.1 Å². The van der Waals surface area contributed by atoms with Gasteiger partial charge in [-0.15, -0.1) is 0 Å². The lowest BCUT2D eigenvalue weighted by Crippen LogP contribution is -2.43. The monoisotopic (exact) mass is 297 g/mol. The lowest BCUT2D eigenvalue weighted by molar-refractivity contribution is -0.148. The topological polar surface area (TPSA) is 46.6 Å². The molecule has 114 valence electrons. The first-order valence-corrected chi connectivity index (χ1v) is 6.80. The van der Waals surface area contributed by atoms with Crippen LogP contribution < -0.4 is 0 Å². The first kappa shape index (κ1) is 15.4. The summed E-state index contributed by atoms with van der Waals surface area (Å²) >= 11 is 0. The van der Waals surface area contributed by atoms with Crippen LogP contribution in [0.4, 0.5) is 8.78 Å². The molecule has 1 aliphatic heterocycles. The number of nitrogens with zero attached hydrogens (tertiary/aromatic N) is 1. The van der Waals surface area contributed by atoms with Gasteiger partial charge in [0.05, 0.1) is 19.4 Å². The molecule has 21 heavy (non-hydrogen) atoms. The summed E-state index contributed by atoms with van der Waals surface area (Å²) in [7, 11) is 1.32. The number of benzene rings is 1. The zero-order valence-electron chi connectivity index (χ0n) is 11.8. The molecule has 6 heteroatoms. The summed E-state index contributed by atoms with van der Waals surface area (Å²) in [5.74, 6) is -2.34. The van der Waals surface area contributed by atoms with Crippen molar-refractivity contribution in [1.82, 2.24) is 4.90 Å². The van der Waals surface area contributed by atoms with Gasteiger partial charge in [0, 0.05) is 19.2 Å². The van der Waals surface area contributed by atoms with Crippen LogP contribution in [-0.4, -0.2) is 37.0 Å². The van der Waals surface area contributed by atoms with Crippen molar-refractivity contribution in [2.75, 3.05) is 20.2 Å². The van der Waals surface area contributed by atoms with Crippen LogP contribution in [0, 0.1) is 17.6 Å². The summed E-state index contributed by atoms with van der Waals surface area (Å²) < 4.78 is 31.1. The van der Waals surface area contributed by atoms with Crippen molar-refractivity contribution < 1.29 is 23.1 Å². The summed E-state index contributed by atoms with van der Waals surface area (Å²) in [6.07, 6.45) is 1.25. The van der Waals surface area contributed by atoms with E-state index in [2.05, 4.69) is 4.74 Å². The number of likely N-dealkylation sites (tertiary alicyclic amines) is 1. The average molecular weight is 297 g/mol. The predicted octanol–water partition coefficient (Wildman–Crippen LogP) is 1.92. The molecule has 1 aromatic rings. The zero-order valence-corrected chi connectivity index (χ0v) is 11.8. The lowest BCUT2D eigenvalue weighted by Gasteiger charge is -2.31. The van der Waals surface area contributed by atoms with E-state index >= 15 is 0 Å². The fourth-order valence-corrected chi connectivity index (χ4v) is 2.50. The molecular weight excluding hydrogens is 280 g/mol. The van der Waals surface area contributed by atoms with Gasteiger partial charge in [-0.3, -0.25) is 9.59 Å². The molecule has 0 N–H and O–H groups in total. The second kappa shape index (κ2) is 6.65. The Hall–Kier alpha value is -1.98. The molecule has 1 aliphatic rings. The Bertz CT molecular complexity index is 548. The van der Waals surface area contributed by atoms with Gasteiger partial charge in [0.25, 0.3) is 0 Å². The van der Waals surface area contributed by atoms with Gasteiger partial charge in [0.2, 0.25) is 5.91 Å². The molecule has 0 spiro atoms. The molecule has 0 bridgehead atoms. The van der Waals surface area contributed by atoms with Crippen LogP contribution in [0.2, 0.25) is 0 Å². The number of esters is 1. The fourth-order valence-electron chi connectivity index (χ4n) is 2.50. The van der Waals surface area contributed by atoms with Gasteiger partial charge in [-0.25, -0.2) is 8.78 Å². The van der Waals surface area contributed by atoms with Crippen molar-refractivity contribution in [1.29, 1.82) is 0 Å². The van der Waals surface area contributed by atoms with Crippen LogP contribution in [0.15, 0.2) is 18.2 Å². The first-order valence-electron chi connectivity index (χ1n) is 6.80. The minimum atomic E-state index is -0.732. The second-order valence-corrected chi connectivity index (χ2v) is 5.11. The molecule has 1 unspecified atom stereocenters. The molecule has 0 saturated carbocycles. The average Bonchev–Trinajstić information content (AvgIpc) is 2.49. The standard InChI is InChI=1S/C15H17F2NO3/c1-21-15(20)11-3-2-6-18(9-11)14(19)7-10-4-5-12(16)8-13(10)17/h4-5,8,11H,2-3,6-7,9H2,1H3. The molecule has 4 nitrogen and oxygen atoms in total. The Morgan fingerprint density at radius 2 is 2.14 bits per heavy atom. The van der Waals surface area contributed by atoms with Crippen molar-refractivity contribution in [2.45, 2.75) is 19.3 Å². The number of amides is 1. The molecule has 1 aromatic carbocycles. The maximum absolute atomic E-state index is 13.6. The van der Waals surface area contributed by atoms with E-state index in [0.717, 1.165) is 12.1 Å². The molecule has 0 aromatic heterocycles. The van der Waals surface area contributed by atoms with Gasteiger partial charge >= 0.3 is 5.97 Å². The van der Waals surface area contributed by atoms with Gasteiger partial charge in [0.15, 0.2) is 0 Å². The van der Waals surface area contributed by atoms with E-state index in [-0.39, 0.29) is 36.3 Å². The van der Waals surface area contributed by atoms with E-state index in [1.807, 2.05) is 0 Å². The third-order valence-corrected chi connectivity index (χ3v) is 3.67. The number of carbonyl (C=O) groups excluding carboxylic acids is 2. The van der Waals surface area contributed by atoms with Crippen LogP contribution in [0.25, 0.3) is 0 Å².